The smallest absolute Gasteiger partial charge is 0.328 e. The Labute approximate surface area is 79.1 Å². The molecule has 1 rings (SSSR count). The number of H-pyrrole nitrogens is 1. The number of nitrogens with one attached hydrogen (secondary N) is 1. The fourth-order valence-corrected chi connectivity index (χ4v) is 1.01. The van der Waals surface area contributed by atoms with Crippen molar-refractivity contribution in [3.05, 3.63) is 32.6 Å². The molecule has 2 N–H and O–H groups in total. The van der Waals surface area contributed by atoms with Gasteiger partial charge < -0.3 is 5.11 Å². The molecule has 14 heavy (non-hydrogen) atoms. The molecule has 0 aliphatic carbocycles. The Morgan fingerprint density at radius 2 is 2.36 bits per heavy atom. The monoisotopic (exact) mass is 195 g/mol. The standard InChI is InChI=1S/C8H9N3O3/c1-5(12)3-11-4-6(2-9)7(13)10-8(11)14/h4-5,12H,3H2,1H3,(H,10,13,14)/t5-/m1/s1. The van der Waals surface area contributed by atoms with E-state index < -0.39 is 17.4 Å². The highest BCUT2D eigenvalue weighted by molar-refractivity contribution is 5.21. The normalized spacial score (nSPS) is 12.1. The minimum atomic E-state index is -0.717. The van der Waals surface area contributed by atoms with Crippen molar-refractivity contribution >= 4 is 0 Å². The maximum Gasteiger partial charge on any atom is 0.328 e. The van der Waals surface area contributed by atoms with Crippen molar-refractivity contribution < 1.29 is 5.11 Å². The first-order valence-corrected chi connectivity index (χ1v) is 3.96. The zero-order valence-corrected chi connectivity index (χ0v) is 7.52. The van der Waals surface area contributed by atoms with Crippen LogP contribution in [0.3, 0.4) is 0 Å². The fraction of sp³-hybridized carbons (Fsp3) is 0.375. The molecule has 1 heterocycles. The van der Waals surface area contributed by atoms with Crippen LogP contribution in [0.4, 0.5) is 0 Å². The lowest BCUT2D eigenvalue weighted by molar-refractivity contribution is 0.171. The minimum absolute atomic E-state index is 0.0459. The molecule has 0 amide bonds. The number of aromatic amines is 1. The highest BCUT2D eigenvalue weighted by atomic mass is 16.3. The topological polar surface area (TPSA) is 98.9 Å². The number of hydrogen-bond donors (Lipinski definition) is 2. The Bertz CT molecular complexity index is 478. The van der Waals surface area contributed by atoms with Gasteiger partial charge in [-0.15, -0.1) is 0 Å². The highest BCUT2D eigenvalue weighted by Crippen LogP contribution is 1.88. The number of aromatic nitrogens is 2. The zero-order valence-electron chi connectivity index (χ0n) is 7.52. The van der Waals surface area contributed by atoms with E-state index >= 15 is 0 Å². The van der Waals surface area contributed by atoms with E-state index in [0.29, 0.717) is 0 Å². The molecule has 1 atom stereocenters. The molecule has 74 valence electrons. The first kappa shape index (κ1) is 10.2. The Kier molecular flexibility index (Phi) is 2.84. The molecule has 0 aliphatic heterocycles. The Hall–Kier alpha value is -1.87. The highest BCUT2D eigenvalue weighted by Gasteiger charge is 2.05. The molecule has 0 saturated carbocycles. The Morgan fingerprint density at radius 1 is 1.71 bits per heavy atom. The summed E-state index contributed by atoms with van der Waals surface area (Å²) in [4.78, 5) is 24.1. The summed E-state index contributed by atoms with van der Waals surface area (Å²) in [5.41, 5.74) is -1.49. The molecular weight excluding hydrogens is 186 g/mol. The van der Waals surface area contributed by atoms with Crippen LogP contribution in [0.5, 0.6) is 0 Å². The quantitative estimate of drug-likeness (QED) is 0.618. The van der Waals surface area contributed by atoms with E-state index in [4.69, 9.17) is 10.4 Å². The second kappa shape index (κ2) is 3.89. The van der Waals surface area contributed by atoms with E-state index in [1.54, 1.807) is 6.07 Å². The van der Waals surface area contributed by atoms with Crippen molar-refractivity contribution in [1.82, 2.24) is 9.55 Å². The van der Waals surface area contributed by atoms with Gasteiger partial charge in [0.15, 0.2) is 0 Å². The van der Waals surface area contributed by atoms with Crippen LogP contribution in [0.15, 0.2) is 15.8 Å². The van der Waals surface area contributed by atoms with E-state index in [0.717, 1.165) is 10.8 Å². The van der Waals surface area contributed by atoms with Crippen molar-refractivity contribution in [1.29, 1.82) is 5.26 Å². The molecule has 1 aromatic rings. The molecule has 0 unspecified atom stereocenters. The summed E-state index contributed by atoms with van der Waals surface area (Å²) >= 11 is 0. The average Bonchev–Trinajstić information content (AvgIpc) is 2.09. The van der Waals surface area contributed by atoms with Gasteiger partial charge in [0.05, 0.1) is 12.6 Å². The molecule has 0 fully saturated rings. The van der Waals surface area contributed by atoms with Crippen molar-refractivity contribution in [2.75, 3.05) is 0 Å². The molecule has 0 saturated heterocycles. The van der Waals surface area contributed by atoms with Crippen LogP contribution in [0, 0.1) is 11.3 Å². The summed E-state index contributed by atoms with van der Waals surface area (Å²) in [5, 5.41) is 17.5. The number of rotatable bonds is 2. The third-order valence-corrected chi connectivity index (χ3v) is 1.59. The van der Waals surface area contributed by atoms with E-state index in [1.807, 2.05) is 4.98 Å². The van der Waals surface area contributed by atoms with Crippen molar-refractivity contribution in [3.8, 4) is 6.07 Å². The molecule has 6 heteroatoms. The molecule has 0 aliphatic rings. The number of nitriles is 1. The van der Waals surface area contributed by atoms with Gasteiger partial charge >= 0.3 is 5.69 Å². The first-order chi connectivity index (χ1) is 6.54. The average molecular weight is 195 g/mol. The summed E-state index contributed by atoms with van der Waals surface area (Å²) in [7, 11) is 0. The lowest BCUT2D eigenvalue weighted by Gasteiger charge is -2.06. The maximum absolute atomic E-state index is 11.1. The van der Waals surface area contributed by atoms with Gasteiger partial charge in [-0.3, -0.25) is 14.3 Å². The largest absolute Gasteiger partial charge is 0.392 e. The Balaban J connectivity index is 3.27. The van der Waals surface area contributed by atoms with E-state index in [9.17, 15) is 9.59 Å². The van der Waals surface area contributed by atoms with Gasteiger partial charge in [-0.05, 0) is 6.92 Å². The van der Waals surface area contributed by atoms with E-state index in [-0.39, 0.29) is 12.1 Å². The van der Waals surface area contributed by atoms with Gasteiger partial charge in [0, 0.05) is 6.20 Å². The van der Waals surface area contributed by atoms with E-state index in [1.165, 1.54) is 6.92 Å². The first-order valence-electron chi connectivity index (χ1n) is 3.96. The SMILES string of the molecule is C[C@@H](O)Cn1cc(C#N)c(=O)[nH]c1=O. The van der Waals surface area contributed by atoms with Crippen LogP contribution < -0.4 is 11.2 Å². The van der Waals surface area contributed by atoms with Crippen LogP contribution in [-0.4, -0.2) is 20.8 Å². The van der Waals surface area contributed by atoms with Crippen LogP contribution in [-0.2, 0) is 6.54 Å². The van der Waals surface area contributed by atoms with Gasteiger partial charge in [0.1, 0.15) is 11.6 Å². The molecule has 6 nitrogen and oxygen atoms in total. The number of aliphatic hydroxyl groups is 1. The number of nitrogens with zero attached hydrogens (tertiary/aromatic N) is 2. The predicted octanol–water partition coefficient (Wildman–Crippen LogP) is -1.21. The number of aliphatic hydroxyl groups excluding tert-OH is 1. The van der Waals surface area contributed by atoms with Gasteiger partial charge in [-0.1, -0.05) is 0 Å². The molecule has 1 aromatic heterocycles. The lowest BCUT2D eigenvalue weighted by atomic mass is 10.3. The summed E-state index contributed by atoms with van der Waals surface area (Å²) in [6, 6.07) is 1.65. The van der Waals surface area contributed by atoms with Gasteiger partial charge in [-0.2, -0.15) is 5.26 Å². The second-order valence-corrected chi connectivity index (χ2v) is 2.92. The van der Waals surface area contributed by atoms with Crippen LogP contribution in [0.1, 0.15) is 12.5 Å². The Morgan fingerprint density at radius 3 is 2.86 bits per heavy atom. The van der Waals surface area contributed by atoms with Crippen LogP contribution in [0.25, 0.3) is 0 Å². The summed E-state index contributed by atoms with van der Waals surface area (Å²) < 4.78 is 1.09. The third kappa shape index (κ3) is 2.08. The summed E-state index contributed by atoms with van der Waals surface area (Å²) in [6.45, 7) is 1.55. The molecular formula is C8H9N3O3. The van der Waals surface area contributed by atoms with Crippen molar-refractivity contribution in [3.63, 3.8) is 0 Å². The van der Waals surface area contributed by atoms with Crippen molar-refractivity contribution in [2.24, 2.45) is 0 Å². The van der Waals surface area contributed by atoms with Crippen LogP contribution in [0.2, 0.25) is 0 Å². The number of hydrogen-bond acceptors (Lipinski definition) is 4. The summed E-state index contributed by atoms with van der Waals surface area (Å²) in [6.07, 6.45) is 0.415. The zero-order chi connectivity index (χ0) is 10.7. The van der Waals surface area contributed by atoms with Crippen LogP contribution >= 0.6 is 0 Å². The molecule has 0 bridgehead atoms. The molecule has 0 radical (unpaired) electrons. The van der Waals surface area contributed by atoms with Gasteiger partial charge in [-0.25, -0.2) is 4.79 Å². The minimum Gasteiger partial charge on any atom is -0.392 e. The predicted molar refractivity (Wildman–Crippen MR) is 47.7 cm³/mol. The maximum atomic E-state index is 11.1. The van der Waals surface area contributed by atoms with Crippen molar-refractivity contribution in [2.45, 2.75) is 19.6 Å². The second-order valence-electron chi connectivity index (χ2n) is 2.92. The van der Waals surface area contributed by atoms with Gasteiger partial charge in [0.25, 0.3) is 5.56 Å². The molecule has 0 spiro atoms. The van der Waals surface area contributed by atoms with Gasteiger partial charge in [0.2, 0.25) is 0 Å². The lowest BCUT2D eigenvalue weighted by Crippen LogP contribution is -2.33. The van der Waals surface area contributed by atoms with E-state index in [2.05, 4.69) is 0 Å². The third-order valence-electron chi connectivity index (χ3n) is 1.59. The fourth-order valence-electron chi connectivity index (χ4n) is 1.01. The molecule has 0 aromatic carbocycles. The summed E-state index contributed by atoms with van der Waals surface area (Å²) in [5.74, 6) is 0.